The summed E-state index contributed by atoms with van der Waals surface area (Å²) in [6, 6.07) is 7.51. The lowest BCUT2D eigenvalue weighted by atomic mass is 10.2. The first-order chi connectivity index (χ1) is 11.1. The number of nitrogens with zero attached hydrogens (tertiary/aromatic N) is 6. The van der Waals surface area contributed by atoms with Gasteiger partial charge >= 0.3 is 0 Å². The number of halogens is 1. The van der Waals surface area contributed by atoms with Crippen LogP contribution in [0.3, 0.4) is 0 Å². The van der Waals surface area contributed by atoms with Crippen molar-refractivity contribution < 1.29 is 4.79 Å². The highest BCUT2D eigenvalue weighted by atomic mass is 35.5. The maximum absolute atomic E-state index is 12.1. The molecule has 0 fully saturated rings. The van der Waals surface area contributed by atoms with Crippen LogP contribution in [0, 0.1) is 6.92 Å². The van der Waals surface area contributed by atoms with Gasteiger partial charge in [0, 0.05) is 10.6 Å². The molecule has 2 aromatic heterocycles. The van der Waals surface area contributed by atoms with Crippen molar-refractivity contribution in [1.82, 2.24) is 30.0 Å². The molecule has 8 nitrogen and oxygen atoms in total. The number of hydrogen-bond donors (Lipinski definition) is 1. The van der Waals surface area contributed by atoms with E-state index in [1.807, 2.05) is 31.2 Å². The fourth-order valence-electron chi connectivity index (χ4n) is 2.14. The summed E-state index contributed by atoms with van der Waals surface area (Å²) in [5, 5.41) is 18.5. The molecule has 0 spiro atoms. The molecule has 9 heteroatoms. The van der Waals surface area contributed by atoms with Gasteiger partial charge in [-0.3, -0.25) is 4.79 Å². The van der Waals surface area contributed by atoms with E-state index in [0.717, 1.165) is 11.1 Å². The van der Waals surface area contributed by atoms with E-state index in [1.54, 1.807) is 10.9 Å². The Morgan fingerprint density at radius 1 is 1.39 bits per heavy atom. The molecular formula is C14H14ClN7O. The molecule has 0 aliphatic carbocycles. The van der Waals surface area contributed by atoms with E-state index in [0.29, 0.717) is 17.4 Å². The van der Waals surface area contributed by atoms with E-state index in [4.69, 9.17) is 11.6 Å². The quantitative estimate of drug-likeness (QED) is 0.765. The van der Waals surface area contributed by atoms with Crippen molar-refractivity contribution in [1.29, 1.82) is 0 Å². The number of tetrazole rings is 1. The van der Waals surface area contributed by atoms with Gasteiger partial charge in [0.1, 0.15) is 18.7 Å². The summed E-state index contributed by atoms with van der Waals surface area (Å²) in [5.74, 6) is 0.413. The molecule has 0 aliphatic rings. The number of carbonyl (C=O) groups excluding carboxylic acids is 1. The normalized spacial score (nSPS) is 10.7. The first-order valence-electron chi connectivity index (χ1n) is 6.89. The van der Waals surface area contributed by atoms with Gasteiger partial charge in [0.25, 0.3) is 0 Å². The zero-order valence-electron chi connectivity index (χ0n) is 12.3. The number of anilines is 1. The maximum Gasteiger partial charge on any atom is 0.247 e. The van der Waals surface area contributed by atoms with Crippen molar-refractivity contribution in [2.75, 3.05) is 5.32 Å². The standard InChI is InChI=1S/C14H14ClN7O/c1-10-6-17-22(7-11-3-2-4-12(15)5-11)14(10)18-13(23)8-21-9-16-19-20-21/h2-6,9H,7-8H2,1H3,(H,18,23). The molecule has 0 aliphatic heterocycles. The Morgan fingerprint density at radius 3 is 3.00 bits per heavy atom. The van der Waals surface area contributed by atoms with E-state index in [1.165, 1.54) is 11.0 Å². The number of rotatable bonds is 5. The minimum absolute atomic E-state index is 0.0365. The number of nitrogens with one attached hydrogen (secondary N) is 1. The summed E-state index contributed by atoms with van der Waals surface area (Å²) < 4.78 is 3.07. The van der Waals surface area contributed by atoms with Gasteiger partial charge in [0.15, 0.2) is 0 Å². The van der Waals surface area contributed by atoms with E-state index in [9.17, 15) is 4.79 Å². The van der Waals surface area contributed by atoms with Crippen LogP contribution in [0.1, 0.15) is 11.1 Å². The van der Waals surface area contributed by atoms with E-state index in [-0.39, 0.29) is 12.5 Å². The van der Waals surface area contributed by atoms with Gasteiger partial charge in [-0.1, -0.05) is 23.7 Å². The smallest absolute Gasteiger partial charge is 0.247 e. The van der Waals surface area contributed by atoms with Crippen LogP contribution in [0.5, 0.6) is 0 Å². The van der Waals surface area contributed by atoms with Crippen LogP contribution < -0.4 is 5.32 Å². The van der Waals surface area contributed by atoms with Crippen molar-refractivity contribution >= 4 is 23.3 Å². The maximum atomic E-state index is 12.1. The van der Waals surface area contributed by atoms with Crippen LogP contribution in [0.2, 0.25) is 5.02 Å². The zero-order chi connectivity index (χ0) is 16.2. The monoisotopic (exact) mass is 331 g/mol. The minimum atomic E-state index is -0.228. The molecule has 0 radical (unpaired) electrons. The van der Waals surface area contributed by atoms with Crippen molar-refractivity contribution in [3.05, 3.63) is 52.9 Å². The van der Waals surface area contributed by atoms with Gasteiger partial charge < -0.3 is 5.32 Å². The largest absolute Gasteiger partial charge is 0.309 e. The molecule has 0 bridgehead atoms. The number of aryl methyl sites for hydroxylation is 1. The van der Waals surface area contributed by atoms with Gasteiger partial charge in [0.05, 0.1) is 12.7 Å². The molecule has 0 saturated carbocycles. The van der Waals surface area contributed by atoms with Crippen molar-refractivity contribution in [3.63, 3.8) is 0 Å². The molecule has 118 valence electrons. The molecule has 2 heterocycles. The molecule has 0 unspecified atom stereocenters. The molecule has 1 aromatic carbocycles. The molecule has 1 N–H and O–H groups in total. The lowest BCUT2D eigenvalue weighted by Crippen LogP contribution is -2.22. The molecule has 1 amide bonds. The summed E-state index contributed by atoms with van der Waals surface area (Å²) in [6.45, 7) is 2.43. The van der Waals surface area contributed by atoms with Crippen LogP contribution in [0.15, 0.2) is 36.8 Å². The Hall–Kier alpha value is -2.74. The van der Waals surface area contributed by atoms with Crippen LogP contribution in [0.25, 0.3) is 0 Å². The van der Waals surface area contributed by atoms with Crippen LogP contribution >= 0.6 is 11.6 Å². The van der Waals surface area contributed by atoms with Crippen molar-refractivity contribution in [2.45, 2.75) is 20.0 Å². The van der Waals surface area contributed by atoms with Crippen LogP contribution in [0.4, 0.5) is 5.82 Å². The summed E-state index contributed by atoms with van der Waals surface area (Å²) in [4.78, 5) is 12.1. The van der Waals surface area contributed by atoms with Gasteiger partial charge in [-0.2, -0.15) is 5.10 Å². The highest BCUT2D eigenvalue weighted by molar-refractivity contribution is 6.30. The topological polar surface area (TPSA) is 90.5 Å². The lowest BCUT2D eigenvalue weighted by Gasteiger charge is -2.10. The molecule has 0 saturated heterocycles. The third-order valence-electron chi connectivity index (χ3n) is 3.20. The number of benzene rings is 1. The van der Waals surface area contributed by atoms with E-state index in [2.05, 4.69) is 25.9 Å². The first-order valence-corrected chi connectivity index (χ1v) is 7.27. The fourth-order valence-corrected chi connectivity index (χ4v) is 2.35. The Balaban J connectivity index is 1.74. The van der Waals surface area contributed by atoms with Gasteiger partial charge in [0.2, 0.25) is 5.91 Å². The third kappa shape index (κ3) is 3.72. The highest BCUT2D eigenvalue weighted by Gasteiger charge is 2.12. The average molecular weight is 332 g/mol. The van der Waals surface area contributed by atoms with Crippen molar-refractivity contribution in [3.8, 4) is 0 Å². The van der Waals surface area contributed by atoms with Crippen LogP contribution in [-0.4, -0.2) is 35.9 Å². The number of carbonyl (C=O) groups is 1. The highest BCUT2D eigenvalue weighted by Crippen LogP contribution is 2.17. The molecule has 0 atom stereocenters. The predicted molar refractivity (Wildman–Crippen MR) is 84.0 cm³/mol. The number of hydrogen-bond acceptors (Lipinski definition) is 5. The number of amides is 1. The zero-order valence-corrected chi connectivity index (χ0v) is 13.1. The van der Waals surface area contributed by atoms with E-state index < -0.39 is 0 Å². The molecule has 23 heavy (non-hydrogen) atoms. The Kier molecular flexibility index (Phi) is 4.33. The minimum Gasteiger partial charge on any atom is -0.309 e. The second kappa shape index (κ2) is 6.57. The third-order valence-corrected chi connectivity index (χ3v) is 3.43. The SMILES string of the molecule is Cc1cnn(Cc2cccc(Cl)c2)c1NC(=O)Cn1cnnn1. The molecule has 3 rings (SSSR count). The number of aromatic nitrogens is 6. The summed E-state index contributed by atoms with van der Waals surface area (Å²) in [7, 11) is 0. The van der Waals surface area contributed by atoms with E-state index >= 15 is 0 Å². The van der Waals surface area contributed by atoms with Gasteiger partial charge in [-0.15, -0.1) is 5.10 Å². The Bertz CT molecular complexity index is 812. The Morgan fingerprint density at radius 2 is 2.26 bits per heavy atom. The van der Waals surface area contributed by atoms with Crippen LogP contribution in [-0.2, 0) is 17.9 Å². The molecule has 3 aromatic rings. The Labute approximate surface area is 137 Å². The predicted octanol–water partition coefficient (Wildman–Crippen LogP) is 1.52. The summed E-state index contributed by atoms with van der Waals surface area (Å²) in [6.07, 6.45) is 3.09. The molecular weight excluding hydrogens is 318 g/mol. The van der Waals surface area contributed by atoms with Crippen molar-refractivity contribution in [2.24, 2.45) is 0 Å². The fraction of sp³-hybridized carbons (Fsp3) is 0.214. The lowest BCUT2D eigenvalue weighted by molar-refractivity contribution is -0.117. The second-order valence-corrected chi connectivity index (χ2v) is 5.46. The second-order valence-electron chi connectivity index (χ2n) is 5.02. The van der Waals surface area contributed by atoms with Gasteiger partial charge in [-0.25, -0.2) is 9.36 Å². The summed E-state index contributed by atoms with van der Waals surface area (Å²) in [5.41, 5.74) is 1.87. The average Bonchev–Trinajstić information content (AvgIpc) is 3.12. The first kappa shape index (κ1) is 15.2. The summed E-state index contributed by atoms with van der Waals surface area (Å²) >= 11 is 6.00. The van der Waals surface area contributed by atoms with Gasteiger partial charge in [-0.05, 0) is 35.0 Å².